The Bertz CT molecular complexity index is 1320. The Kier molecular flexibility index (Phi) is 6.82. The predicted octanol–water partition coefficient (Wildman–Crippen LogP) is 4.57. The van der Waals surface area contributed by atoms with Gasteiger partial charge in [0.05, 0.1) is 11.5 Å². The molecule has 0 spiro atoms. The van der Waals surface area contributed by atoms with Crippen molar-refractivity contribution in [3.05, 3.63) is 94.2 Å². The number of hydrogen-bond acceptors (Lipinski definition) is 7. The van der Waals surface area contributed by atoms with E-state index in [1.807, 2.05) is 0 Å². The number of sulfonamides is 1. The molecule has 1 aliphatic heterocycles. The van der Waals surface area contributed by atoms with Gasteiger partial charge < -0.3 is 9.47 Å². The second-order valence-corrected chi connectivity index (χ2v) is 10.3. The molecule has 1 fully saturated rings. The van der Waals surface area contributed by atoms with Gasteiger partial charge in [-0.1, -0.05) is 35.3 Å². The van der Waals surface area contributed by atoms with Crippen LogP contribution in [0, 0.1) is 0 Å². The van der Waals surface area contributed by atoms with E-state index in [9.17, 15) is 13.2 Å². The van der Waals surface area contributed by atoms with E-state index in [0.29, 0.717) is 21.2 Å². The lowest BCUT2D eigenvalue weighted by molar-refractivity contribution is -0.150. The zero-order valence-electron chi connectivity index (χ0n) is 17.7. The van der Waals surface area contributed by atoms with Gasteiger partial charge in [-0.3, -0.25) is 4.98 Å². The van der Waals surface area contributed by atoms with Crippen LogP contribution in [0.2, 0.25) is 10.0 Å². The van der Waals surface area contributed by atoms with Gasteiger partial charge in [-0.05, 0) is 67.7 Å². The first-order valence-electron chi connectivity index (χ1n) is 10.1. The summed E-state index contributed by atoms with van der Waals surface area (Å²) in [7, 11) is -4.35. The van der Waals surface area contributed by atoms with E-state index >= 15 is 0 Å². The second kappa shape index (κ2) is 9.50. The van der Waals surface area contributed by atoms with Crippen molar-refractivity contribution in [1.29, 1.82) is 0 Å². The molecule has 0 saturated carbocycles. The summed E-state index contributed by atoms with van der Waals surface area (Å²) >= 11 is 17.5. The maximum atomic E-state index is 13.8. The molecule has 2 unspecified atom stereocenters. The van der Waals surface area contributed by atoms with E-state index in [4.69, 9.17) is 44.9 Å². The lowest BCUT2D eigenvalue weighted by atomic mass is 9.81. The number of nitrogens with zero attached hydrogens (tertiary/aromatic N) is 2. The first-order valence-corrected chi connectivity index (χ1v) is 12.7. The summed E-state index contributed by atoms with van der Waals surface area (Å²) in [6.45, 7) is 1.64. The van der Waals surface area contributed by atoms with Crippen molar-refractivity contribution in [3.8, 4) is 0 Å². The molecule has 7 nitrogen and oxygen atoms in total. The minimum atomic E-state index is -4.35. The van der Waals surface area contributed by atoms with Crippen LogP contribution in [-0.2, 0) is 29.9 Å². The average Bonchev–Trinajstić information content (AvgIpc) is 3.15. The molecule has 2 heterocycles. The van der Waals surface area contributed by atoms with Crippen molar-refractivity contribution in [1.82, 2.24) is 9.29 Å². The lowest BCUT2D eigenvalue weighted by Crippen LogP contribution is -2.52. The molecular weight excluding hydrogens is 519 g/mol. The summed E-state index contributed by atoms with van der Waals surface area (Å²) in [5, 5.41) is 0.403. The van der Waals surface area contributed by atoms with Gasteiger partial charge in [-0.25, -0.2) is 17.5 Å². The molecule has 2 aromatic carbocycles. The SMILES string of the molecule is CCOC(=O)C1N(S(=O)(=O)c2ccc(Cl)cc2)C(=S)OC1(c1ccncc1)c1ccc(Cl)cc1. The zero-order chi connectivity index (χ0) is 24.5. The van der Waals surface area contributed by atoms with Gasteiger partial charge in [0, 0.05) is 33.6 Å². The largest absolute Gasteiger partial charge is 0.464 e. The number of carbonyl (C=O) groups is 1. The minimum Gasteiger partial charge on any atom is -0.464 e. The maximum Gasteiger partial charge on any atom is 0.335 e. The van der Waals surface area contributed by atoms with Gasteiger partial charge in [0.1, 0.15) is 0 Å². The molecule has 0 aliphatic carbocycles. The summed E-state index contributed by atoms with van der Waals surface area (Å²) in [6.07, 6.45) is 3.02. The Balaban J connectivity index is 1.99. The fourth-order valence-corrected chi connectivity index (χ4v) is 6.08. The van der Waals surface area contributed by atoms with Crippen LogP contribution >= 0.6 is 35.4 Å². The highest BCUT2D eigenvalue weighted by molar-refractivity contribution is 7.91. The van der Waals surface area contributed by atoms with Crippen LogP contribution in [0.4, 0.5) is 0 Å². The molecule has 4 rings (SSSR count). The summed E-state index contributed by atoms with van der Waals surface area (Å²) in [6, 6.07) is 13.8. The number of esters is 1. The van der Waals surface area contributed by atoms with Gasteiger partial charge in [-0.15, -0.1) is 0 Å². The topological polar surface area (TPSA) is 85.8 Å². The number of halogens is 2. The van der Waals surface area contributed by atoms with Gasteiger partial charge in [0.25, 0.3) is 15.2 Å². The molecular formula is C23H18Cl2N2O5S2. The second-order valence-electron chi connectivity index (χ2n) is 7.26. The molecule has 3 aromatic rings. The molecule has 0 amide bonds. The highest BCUT2D eigenvalue weighted by Crippen LogP contribution is 2.47. The van der Waals surface area contributed by atoms with Gasteiger partial charge >= 0.3 is 5.97 Å². The van der Waals surface area contributed by atoms with Crippen LogP contribution in [0.15, 0.2) is 78.0 Å². The van der Waals surface area contributed by atoms with Gasteiger partial charge in [-0.2, -0.15) is 0 Å². The lowest BCUT2D eigenvalue weighted by Gasteiger charge is -2.34. The highest BCUT2D eigenvalue weighted by Gasteiger charge is 2.62. The Morgan fingerprint density at radius 1 is 1.03 bits per heavy atom. The third-order valence-corrected chi connectivity index (χ3v) is 7.97. The molecule has 1 saturated heterocycles. The summed E-state index contributed by atoms with van der Waals surface area (Å²) in [5.41, 5.74) is -0.743. The van der Waals surface area contributed by atoms with E-state index in [1.165, 1.54) is 36.7 Å². The normalized spacial score (nSPS) is 20.1. The summed E-state index contributed by atoms with van der Waals surface area (Å²) in [5.74, 6) is -0.827. The number of aromatic nitrogens is 1. The van der Waals surface area contributed by atoms with Crippen LogP contribution in [0.25, 0.3) is 0 Å². The number of ether oxygens (including phenoxy) is 2. The van der Waals surface area contributed by atoms with E-state index in [2.05, 4.69) is 4.98 Å². The van der Waals surface area contributed by atoms with Crippen LogP contribution in [0.3, 0.4) is 0 Å². The van der Waals surface area contributed by atoms with E-state index in [0.717, 1.165) is 4.31 Å². The summed E-state index contributed by atoms with van der Waals surface area (Å²) < 4.78 is 39.8. The molecule has 2 atom stereocenters. The van der Waals surface area contributed by atoms with E-state index < -0.39 is 32.8 Å². The molecule has 1 aromatic heterocycles. The number of benzene rings is 2. The third kappa shape index (κ3) is 4.13. The van der Waals surface area contributed by atoms with Crippen molar-refractivity contribution in [3.63, 3.8) is 0 Å². The molecule has 0 N–H and O–H groups in total. The first-order chi connectivity index (χ1) is 16.2. The fraction of sp³-hybridized carbons (Fsp3) is 0.174. The summed E-state index contributed by atoms with van der Waals surface area (Å²) in [4.78, 5) is 17.4. The maximum absolute atomic E-state index is 13.8. The van der Waals surface area contributed by atoms with Gasteiger partial charge in [0.15, 0.2) is 11.6 Å². The third-order valence-electron chi connectivity index (χ3n) is 5.31. The Hall–Kier alpha value is -2.72. The Morgan fingerprint density at radius 3 is 2.12 bits per heavy atom. The number of pyridine rings is 1. The van der Waals surface area contributed by atoms with Crippen molar-refractivity contribution in [2.24, 2.45) is 0 Å². The number of thiocarbonyl (C=S) groups is 1. The smallest absolute Gasteiger partial charge is 0.335 e. The van der Waals surface area contributed by atoms with Gasteiger partial charge in [0.2, 0.25) is 0 Å². The van der Waals surface area contributed by atoms with E-state index in [-0.39, 0.29) is 11.5 Å². The average molecular weight is 537 g/mol. The van der Waals surface area contributed by atoms with Crippen LogP contribution in [-0.4, -0.2) is 41.5 Å². The molecule has 0 radical (unpaired) electrons. The zero-order valence-corrected chi connectivity index (χ0v) is 20.9. The Morgan fingerprint density at radius 2 is 1.56 bits per heavy atom. The minimum absolute atomic E-state index is 0.0178. The van der Waals surface area contributed by atoms with Crippen molar-refractivity contribution in [2.75, 3.05) is 6.61 Å². The quantitative estimate of drug-likeness (QED) is 0.337. The monoisotopic (exact) mass is 536 g/mol. The standard InChI is InChI=1S/C23H18Cl2N2O5S2/c1-2-31-21(28)20-23(16-11-13-26-14-12-16,15-3-5-17(24)6-4-15)32-22(33)27(20)34(29,30)19-9-7-18(25)8-10-19/h3-14,20H,2H2,1H3. The first kappa shape index (κ1) is 24.4. The Labute approximate surface area is 212 Å². The fourth-order valence-electron chi connectivity index (χ4n) is 3.85. The van der Waals surface area contributed by atoms with Crippen LogP contribution in [0.1, 0.15) is 18.1 Å². The predicted molar refractivity (Wildman–Crippen MR) is 131 cm³/mol. The molecule has 34 heavy (non-hydrogen) atoms. The number of rotatable bonds is 6. The van der Waals surface area contributed by atoms with Crippen molar-refractivity contribution in [2.45, 2.75) is 23.5 Å². The number of hydrogen-bond donors (Lipinski definition) is 0. The van der Waals surface area contributed by atoms with E-state index in [1.54, 1.807) is 43.3 Å². The molecule has 176 valence electrons. The van der Waals surface area contributed by atoms with Crippen molar-refractivity contribution >= 4 is 56.6 Å². The van der Waals surface area contributed by atoms with Crippen LogP contribution < -0.4 is 0 Å². The van der Waals surface area contributed by atoms with Crippen LogP contribution in [0.5, 0.6) is 0 Å². The van der Waals surface area contributed by atoms with Crippen molar-refractivity contribution < 1.29 is 22.7 Å². The highest BCUT2D eigenvalue weighted by atomic mass is 35.5. The molecule has 1 aliphatic rings. The molecule has 11 heteroatoms. The molecule has 0 bridgehead atoms. The number of carbonyl (C=O) groups excluding carboxylic acids is 1.